The highest BCUT2D eigenvalue weighted by molar-refractivity contribution is 5.12. The molecule has 2 atom stereocenters. The minimum atomic E-state index is 0.170. The van der Waals surface area contributed by atoms with Crippen LogP contribution < -0.4 is 5.73 Å². The Morgan fingerprint density at radius 3 is 2.93 bits per heavy atom. The molecule has 1 heterocycles. The first kappa shape index (κ1) is 10.7. The quantitative estimate of drug-likeness (QED) is 0.805. The Bertz CT molecular complexity index is 314. The largest absolute Gasteiger partial charge is 0.324 e. The van der Waals surface area contributed by atoms with Gasteiger partial charge in [-0.3, -0.25) is 4.68 Å². The molecule has 1 aromatic rings. The average Bonchev–Trinajstić information content (AvgIpc) is 2.98. The summed E-state index contributed by atoms with van der Waals surface area (Å²) in [5.74, 6) is 1.46. The fourth-order valence-electron chi connectivity index (χ4n) is 2.12. The summed E-state index contributed by atoms with van der Waals surface area (Å²) in [7, 11) is 0. The standard InChI is InChI=1S/C12H21N3/c1-3-6-15-8-11(7-14-15)12(13)9(2)10-4-5-10/h7-10,12H,3-6,13H2,1-2H3. The molecule has 0 amide bonds. The molecule has 0 bridgehead atoms. The van der Waals surface area contributed by atoms with E-state index in [-0.39, 0.29) is 6.04 Å². The molecular formula is C12H21N3. The topological polar surface area (TPSA) is 43.8 Å². The summed E-state index contributed by atoms with van der Waals surface area (Å²) < 4.78 is 1.99. The second kappa shape index (κ2) is 4.35. The summed E-state index contributed by atoms with van der Waals surface area (Å²) in [4.78, 5) is 0. The Kier molecular flexibility index (Phi) is 3.10. The molecular weight excluding hydrogens is 186 g/mol. The Hall–Kier alpha value is -0.830. The highest BCUT2D eigenvalue weighted by Gasteiger charge is 2.32. The average molecular weight is 207 g/mol. The second-order valence-electron chi connectivity index (χ2n) is 4.76. The number of nitrogens with zero attached hydrogens (tertiary/aromatic N) is 2. The molecule has 15 heavy (non-hydrogen) atoms. The van der Waals surface area contributed by atoms with Gasteiger partial charge in [0.1, 0.15) is 0 Å². The van der Waals surface area contributed by atoms with Crippen molar-refractivity contribution in [2.24, 2.45) is 17.6 Å². The normalized spacial score (nSPS) is 20.2. The number of nitrogens with two attached hydrogens (primary N) is 1. The SMILES string of the molecule is CCCn1cc(C(N)C(C)C2CC2)cn1. The van der Waals surface area contributed by atoms with Crippen LogP contribution in [0.4, 0.5) is 0 Å². The summed E-state index contributed by atoms with van der Waals surface area (Å²) in [6.45, 7) is 5.41. The lowest BCUT2D eigenvalue weighted by molar-refractivity contribution is 0.417. The number of aromatic nitrogens is 2. The van der Waals surface area contributed by atoms with Crippen molar-refractivity contribution in [3.05, 3.63) is 18.0 Å². The Morgan fingerprint density at radius 1 is 1.60 bits per heavy atom. The van der Waals surface area contributed by atoms with E-state index in [1.54, 1.807) is 0 Å². The lowest BCUT2D eigenvalue weighted by atomic mass is 9.93. The van der Waals surface area contributed by atoms with Gasteiger partial charge in [-0.15, -0.1) is 0 Å². The third-order valence-corrected chi connectivity index (χ3v) is 3.42. The van der Waals surface area contributed by atoms with Gasteiger partial charge in [0, 0.05) is 24.3 Å². The van der Waals surface area contributed by atoms with Crippen LogP contribution in [0.2, 0.25) is 0 Å². The molecule has 1 aliphatic carbocycles. The molecule has 3 heteroatoms. The first-order valence-electron chi connectivity index (χ1n) is 6.00. The van der Waals surface area contributed by atoms with Gasteiger partial charge < -0.3 is 5.73 Å². The number of hydrogen-bond donors (Lipinski definition) is 1. The van der Waals surface area contributed by atoms with Gasteiger partial charge in [0.05, 0.1) is 6.20 Å². The monoisotopic (exact) mass is 207 g/mol. The molecule has 0 radical (unpaired) electrons. The van der Waals surface area contributed by atoms with E-state index in [0.717, 1.165) is 18.9 Å². The van der Waals surface area contributed by atoms with E-state index in [9.17, 15) is 0 Å². The summed E-state index contributed by atoms with van der Waals surface area (Å²) >= 11 is 0. The van der Waals surface area contributed by atoms with E-state index in [2.05, 4.69) is 25.1 Å². The number of hydrogen-bond acceptors (Lipinski definition) is 2. The molecule has 3 nitrogen and oxygen atoms in total. The molecule has 2 rings (SSSR count). The Morgan fingerprint density at radius 2 is 2.33 bits per heavy atom. The van der Waals surface area contributed by atoms with Crippen LogP contribution in [-0.4, -0.2) is 9.78 Å². The third kappa shape index (κ3) is 2.40. The van der Waals surface area contributed by atoms with Gasteiger partial charge in [0.25, 0.3) is 0 Å². The second-order valence-corrected chi connectivity index (χ2v) is 4.76. The van der Waals surface area contributed by atoms with Gasteiger partial charge in [-0.25, -0.2) is 0 Å². The smallest absolute Gasteiger partial charge is 0.0537 e. The molecule has 1 aromatic heterocycles. The van der Waals surface area contributed by atoms with Crippen molar-refractivity contribution in [1.29, 1.82) is 0 Å². The first-order chi connectivity index (χ1) is 7.22. The zero-order chi connectivity index (χ0) is 10.8. The van der Waals surface area contributed by atoms with Crippen LogP contribution in [0, 0.1) is 11.8 Å². The Balaban J connectivity index is 2.00. The summed E-state index contributed by atoms with van der Waals surface area (Å²) in [6.07, 6.45) is 7.87. The van der Waals surface area contributed by atoms with E-state index in [1.807, 2.05) is 10.9 Å². The van der Waals surface area contributed by atoms with Crippen molar-refractivity contribution in [3.8, 4) is 0 Å². The molecule has 84 valence electrons. The zero-order valence-electron chi connectivity index (χ0n) is 9.69. The minimum Gasteiger partial charge on any atom is -0.324 e. The van der Waals surface area contributed by atoms with E-state index in [1.165, 1.54) is 18.4 Å². The van der Waals surface area contributed by atoms with E-state index < -0.39 is 0 Å². The van der Waals surface area contributed by atoms with Gasteiger partial charge in [-0.1, -0.05) is 13.8 Å². The lowest BCUT2D eigenvalue weighted by Crippen LogP contribution is -2.20. The zero-order valence-corrected chi connectivity index (χ0v) is 9.69. The summed E-state index contributed by atoms with van der Waals surface area (Å²) in [6, 6.07) is 0.170. The highest BCUT2D eigenvalue weighted by Crippen LogP contribution is 2.41. The number of aryl methyl sites for hydroxylation is 1. The molecule has 1 fully saturated rings. The minimum absolute atomic E-state index is 0.170. The fraction of sp³-hybridized carbons (Fsp3) is 0.750. The van der Waals surface area contributed by atoms with Crippen molar-refractivity contribution in [2.75, 3.05) is 0 Å². The van der Waals surface area contributed by atoms with E-state index in [0.29, 0.717) is 5.92 Å². The van der Waals surface area contributed by atoms with E-state index >= 15 is 0 Å². The van der Waals surface area contributed by atoms with Crippen molar-refractivity contribution < 1.29 is 0 Å². The lowest BCUT2D eigenvalue weighted by Gasteiger charge is -2.17. The fourth-order valence-corrected chi connectivity index (χ4v) is 2.12. The third-order valence-electron chi connectivity index (χ3n) is 3.42. The molecule has 0 aromatic carbocycles. The van der Waals surface area contributed by atoms with Crippen LogP contribution >= 0.6 is 0 Å². The van der Waals surface area contributed by atoms with Gasteiger partial charge in [0.15, 0.2) is 0 Å². The molecule has 1 saturated carbocycles. The molecule has 2 unspecified atom stereocenters. The van der Waals surface area contributed by atoms with Crippen LogP contribution in [0.15, 0.2) is 12.4 Å². The van der Waals surface area contributed by atoms with Crippen LogP contribution in [0.1, 0.15) is 44.7 Å². The van der Waals surface area contributed by atoms with Crippen molar-refractivity contribution in [2.45, 2.75) is 45.7 Å². The Labute approximate surface area is 91.7 Å². The maximum absolute atomic E-state index is 6.24. The first-order valence-corrected chi connectivity index (χ1v) is 6.00. The molecule has 2 N–H and O–H groups in total. The van der Waals surface area contributed by atoms with Gasteiger partial charge in [-0.05, 0) is 31.1 Å². The summed E-state index contributed by atoms with van der Waals surface area (Å²) in [5, 5.41) is 4.33. The van der Waals surface area contributed by atoms with Crippen LogP contribution in [0.25, 0.3) is 0 Å². The van der Waals surface area contributed by atoms with Gasteiger partial charge in [0.2, 0.25) is 0 Å². The van der Waals surface area contributed by atoms with Crippen molar-refractivity contribution >= 4 is 0 Å². The van der Waals surface area contributed by atoms with Gasteiger partial charge in [-0.2, -0.15) is 5.10 Å². The van der Waals surface area contributed by atoms with Crippen molar-refractivity contribution in [1.82, 2.24) is 9.78 Å². The van der Waals surface area contributed by atoms with E-state index in [4.69, 9.17) is 5.73 Å². The highest BCUT2D eigenvalue weighted by atomic mass is 15.3. The predicted molar refractivity (Wildman–Crippen MR) is 61.3 cm³/mol. The molecule has 0 spiro atoms. The molecule has 1 aliphatic rings. The maximum Gasteiger partial charge on any atom is 0.0537 e. The molecule has 0 aliphatic heterocycles. The summed E-state index contributed by atoms with van der Waals surface area (Å²) in [5.41, 5.74) is 7.43. The maximum atomic E-state index is 6.24. The van der Waals surface area contributed by atoms with Crippen LogP contribution in [0.3, 0.4) is 0 Å². The van der Waals surface area contributed by atoms with Crippen LogP contribution in [0.5, 0.6) is 0 Å². The van der Waals surface area contributed by atoms with Crippen LogP contribution in [-0.2, 0) is 6.54 Å². The number of rotatable bonds is 5. The van der Waals surface area contributed by atoms with Crippen molar-refractivity contribution in [3.63, 3.8) is 0 Å². The predicted octanol–water partition coefficient (Wildman–Crippen LogP) is 2.34. The molecule has 0 saturated heterocycles. The van der Waals surface area contributed by atoms with Gasteiger partial charge >= 0.3 is 0 Å².